The molecular weight excluding hydrogens is 403 g/mol. The number of rotatable bonds is 5. The second-order valence-electron chi connectivity index (χ2n) is 6.53. The normalized spacial score (nSPS) is 14.6. The van der Waals surface area contributed by atoms with Gasteiger partial charge in [-0.05, 0) is 30.7 Å². The lowest BCUT2D eigenvalue weighted by Crippen LogP contribution is -2.37. The van der Waals surface area contributed by atoms with Crippen molar-refractivity contribution in [2.75, 3.05) is 26.2 Å². The number of carbonyl (C=O) groups excluding carboxylic acids is 3. The van der Waals surface area contributed by atoms with Gasteiger partial charge in [-0.1, -0.05) is 23.7 Å². The molecule has 0 atom stereocenters. The summed E-state index contributed by atoms with van der Waals surface area (Å²) in [7, 11) is 0. The lowest BCUT2D eigenvalue weighted by Gasteiger charge is -2.22. The van der Waals surface area contributed by atoms with Crippen LogP contribution in [0.2, 0.25) is 4.34 Å². The molecule has 1 aromatic heterocycles. The zero-order chi connectivity index (χ0) is 20.1. The molecule has 0 N–H and O–H groups in total. The Morgan fingerprint density at radius 1 is 0.964 bits per heavy atom. The van der Waals surface area contributed by atoms with E-state index in [9.17, 15) is 18.8 Å². The second-order valence-corrected chi connectivity index (χ2v) is 8.25. The zero-order valence-corrected chi connectivity index (χ0v) is 16.8. The van der Waals surface area contributed by atoms with Gasteiger partial charge in [0.2, 0.25) is 5.91 Å². The van der Waals surface area contributed by atoms with Gasteiger partial charge in [-0.25, -0.2) is 4.39 Å². The molecule has 0 bridgehead atoms. The van der Waals surface area contributed by atoms with E-state index in [0.29, 0.717) is 41.8 Å². The molecule has 1 aliphatic heterocycles. The molecule has 0 radical (unpaired) electrons. The third-order valence-electron chi connectivity index (χ3n) is 4.65. The van der Waals surface area contributed by atoms with Crippen molar-refractivity contribution >= 4 is 40.5 Å². The molecule has 148 valence electrons. The molecule has 5 nitrogen and oxygen atoms in total. The molecule has 2 heterocycles. The first-order valence-corrected chi connectivity index (χ1v) is 10.3. The van der Waals surface area contributed by atoms with Gasteiger partial charge < -0.3 is 9.80 Å². The molecule has 2 amide bonds. The minimum Gasteiger partial charge on any atom is -0.341 e. The number of hydrogen-bond acceptors (Lipinski definition) is 4. The van der Waals surface area contributed by atoms with Gasteiger partial charge in [-0.3, -0.25) is 14.4 Å². The second kappa shape index (κ2) is 9.30. The number of nitrogens with zero attached hydrogens (tertiary/aromatic N) is 2. The van der Waals surface area contributed by atoms with Crippen molar-refractivity contribution in [1.82, 2.24) is 9.80 Å². The van der Waals surface area contributed by atoms with Crippen LogP contribution in [0.1, 0.15) is 39.3 Å². The number of Topliss-reactive ketones (excluding diaryl/α,β-unsaturated/α-hetero) is 1. The maximum absolute atomic E-state index is 13.9. The molecule has 28 heavy (non-hydrogen) atoms. The Balaban J connectivity index is 1.53. The van der Waals surface area contributed by atoms with E-state index in [-0.39, 0.29) is 36.0 Å². The van der Waals surface area contributed by atoms with Crippen molar-refractivity contribution in [3.05, 3.63) is 57.0 Å². The molecule has 0 aliphatic carbocycles. The largest absolute Gasteiger partial charge is 0.341 e. The Morgan fingerprint density at radius 3 is 2.39 bits per heavy atom. The molecule has 1 aliphatic rings. The van der Waals surface area contributed by atoms with Crippen LogP contribution in [-0.2, 0) is 4.79 Å². The molecule has 3 rings (SSSR count). The summed E-state index contributed by atoms with van der Waals surface area (Å²) in [4.78, 5) is 41.0. The Kier molecular flexibility index (Phi) is 6.80. The first kappa shape index (κ1) is 20.5. The molecule has 1 aromatic carbocycles. The highest BCUT2D eigenvalue weighted by molar-refractivity contribution is 7.18. The fraction of sp³-hybridized carbons (Fsp3) is 0.350. The highest BCUT2D eigenvalue weighted by Gasteiger charge is 2.24. The Labute approximate surface area is 171 Å². The summed E-state index contributed by atoms with van der Waals surface area (Å²) in [5.74, 6) is -1.12. The van der Waals surface area contributed by atoms with Crippen LogP contribution in [0.3, 0.4) is 0 Å². The minimum atomic E-state index is -0.545. The molecule has 1 fully saturated rings. The monoisotopic (exact) mass is 422 g/mol. The summed E-state index contributed by atoms with van der Waals surface area (Å²) in [6.45, 7) is 1.69. The van der Waals surface area contributed by atoms with E-state index in [1.165, 1.54) is 23.5 Å². The summed E-state index contributed by atoms with van der Waals surface area (Å²) < 4.78 is 14.4. The number of thiophene rings is 1. The van der Waals surface area contributed by atoms with E-state index in [1.54, 1.807) is 34.1 Å². The smallest absolute Gasteiger partial charge is 0.256 e. The van der Waals surface area contributed by atoms with Crippen LogP contribution >= 0.6 is 22.9 Å². The van der Waals surface area contributed by atoms with E-state index in [2.05, 4.69) is 0 Å². The fourth-order valence-corrected chi connectivity index (χ4v) is 4.15. The van der Waals surface area contributed by atoms with E-state index >= 15 is 0 Å². The van der Waals surface area contributed by atoms with Gasteiger partial charge in [0.05, 0.1) is 14.8 Å². The van der Waals surface area contributed by atoms with Crippen molar-refractivity contribution < 1.29 is 18.8 Å². The number of hydrogen-bond donors (Lipinski definition) is 0. The number of amides is 2. The van der Waals surface area contributed by atoms with Crippen molar-refractivity contribution in [1.29, 1.82) is 0 Å². The summed E-state index contributed by atoms with van der Waals surface area (Å²) in [5, 5.41) is 0. The SMILES string of the molecule is O=C(CCC(=O)N1CCCN(C(=O)c2ccccc2F)CC1)c1ccc(Cl)s1. The van der Waals surface area contributed by atoms with Crippen molar-refractivity contribution in [2.24, 2.45) is 0 Å². The highest BCUT2D eigenvalue weighted by atomic mass is 35.5. The molecule has 8 heteroatoms. The topological polar surface area (TPSA) is 57.7 Å². The number of carbonyl (C=O) groups is 3. The fourth-order valence-electron chi connectivity index (χ4n) is 3.14. The molecule has 2 aromatic rings. The summed E-state index contributed by atoms with van der Waals surface area (Å²) in [6.07, 6.45) is 0.861. The zero-order valence-electron chi connectivity index (χ0n) is 15.2. The predicted molar refractivity (Wildman–Crippen MR) is 106 cm³/mol. The van der Waals surface area contributed by atoms with E-state index in [4.69, 9.17) is 11.6 Å². The predicted octanol–water partition coefficient (Wildman–Crippen LogP) is 3.88. The molecule has 0 unspecified atom stereocenters. The third-order valence-corrected chi connectivity index (χ3v) is 5.93. The number of ketones is 1. The third kappa shape index (κ3) is 4.97. The molecule has 1 saturated heterocycles. The standard InChI is InChI=1S/C20H20ClFN2O3S/c21-18-8-7-17(28-18)16(25)6-9-19(26)23-10-3-11-24(13-12-23)20(27)14-4-1-2-5-15(14)22/h1-2,4-5,7-8H,3,6,9-13H2. The Morgan fingerprint density at radius 2 is 1.68 bits per heavy atom. The van der Waals surface area contributed by atoms with Crippen LogP contribution in [0.4, 0.5) is 4.39 Å². The lowest BCUT2D eigenvalue weighted by atomic mass is 10.1. The molecule has 0 saturated carbocycles. The van der Waals surface area contributed by atoms with E-state index < -0.39 is 5.82 Å². The van der Waals surface area contributed by atoms with Crippen LogP contribution in [0.5, 0.6) is 0 Å². The summed E-state index contributed by atoms with van der Waals surface area (Å²) >= 11 is 7.04. The maximum Gasteiger partial charge on any atom is 0.256 e. The minimum absolute atomic E-state index is 0.0440. The Hall–Kier alpha value is -2.25. The van der Waals surface area contributed by atoms with Crippen LogP contribution in [0, 0.1) is 5.82 Å². The van der Waals surface area contributed by atoms with Gasteiger partial charge in [-0.15, -0.1) is 11.3 Å². The van der Waals surface area contributed by atoms with E-state index in [1.807, 2.05) is 0 Å². The average Bonchev–Trinajstić information content (AvgIpc) is 2.98. The van der Waals surface area contributed by atoms with Gasteiger partial charge in [0.25, 0.3) is 5.91 Å². The number of halogens is 2. The Bertz CT molecular complexity index is 886. The van der Waals surface area contributed by atoms with Crippen LogP contribution < -0.4 is 0 Å². The quantitative estimate of drug-likeness (QED) is 0.687. The van der Waals surface area contributed by atoms with Gasteiger partial charge in [0.15, 0.2) is 5.78 Å². The molecular formula is C20H20ClFN2O3S. The number of benzene rings is 1. The first-order chi connectivity index (χ1) is 13.5. The van der Waals surface area contributed by atoms with Crippen LogP contribution in [0.15, 0.2) is 36.4 Å². The average molecular weight is 423 g/mol. The first-order valence-electron chi connectivity index (χ1n) is 9.06. The van der Waals surface area contributed by atoms with Crippen LogP contribution in [-0.4, -0.2) is 53.6 Å². The van der Waals surface area contributed by atoms with E-state index in [0.717, 1.165) is 0 Å². The van der Waals surface area contributed by atoms with Gasteiger partial charge in [0, 0.05) is 39.0 Å². The summed E-state index contributed by atoms with van der Waals surface area (Å²) in [6, 6.07) is 9.23. The molecule has 0 spiro atoms. The maximum atomic E-state index is 13.9. The van der Waals surface area contributed by atoms with Crippen molar-refractivity contribution in [2.45, 2.75) is 19.3 Å². The van der Waals surface area contributed by atoms with Gasteiger partial charge in [-0.2, -0.15) is 0 Å². The van der Waals surface area contributed by atoms with Crippen molar-refractivity contribution in [3.63, 3.8) is 0 Å². The summed E-state index contributed by atoms with van der Waals surface area (Å²) in [5.41, 5.74) is 0.0440. The van der Waals surface area contributed by atoms with Crippen molar-refractivity contribution in [3.8, 4) is 0 Å². The van der Waals surface area contributed by atoms with Gasteiger partial charge in [0.1, 0.15) is 5.82 Å². The highest BCUT2D eigenvalue weighted by Crippen LogP contribution is 2.23. The van der Waals surface area contributed by atoms with Crippen LogP contribution in [0.25, 0.3) is 0 Å². The lowest BCUT2D eigenvalue weighted by molar-refractivity contribution is -0.131. The van der Waals surface area contributed by atoms with Gasteiger partial charge >= 0.3 is 0 Å².